The van der Waals surface area contributed by atoms with Crippen molar-refractivity contribution in [2.75, 3.05) is 52.3 Å². The number of hydrogen-bond acceptors (Lipinski definition) is 5. The molecule has 0 aliphatic carbocycles. The van der Waals surface area contributed by atoms with Crippen LogP contribution in [0.5, 0.6) is 11.5 Å². The standard InChI is InChI=1S/C14H22N2O3/c1-17-14-11-12(3-4-13(14)15)19-8-2-5-16-6-9-18-10-7-16/h3-4,11H,2,5-10,15H2,1H3. The van der Waals surface area contributed by atoms with Crippen LogP contribution in [-0.4, -0.2) is 51.5 Å². The highest BCUT2D eigenvalue weighted by molar-refractivity contribution is 5.55. The molecule has 5 nitrogen and oxygen atoms in total. The molecule has 19 heavy (non-hydrogen) atoms. The fourth-order valence-electron chi connectivity index (χ4n) is 2.08. The smallest absolute Gasteiger partial charge is 0.145 e. The number of methoxy groups -OCH3 is 1. The van der Waals surface area contributed by atoms with E-state index < -0.39 is 0 Å². The van der Waals surface area contributed by atoms with Crippen LogP contribution in [0.1, 0.15) is 6.42 Å². The second-order valence-corrected chi connectivity index (χ2v) is 4.56. The summed E-state index contributed by atoms with van der Waals surface area (Å²) < 4.78 is 16.2. The van der Waals surface area contributed by atoms with Gasteiger partial charge in [0.15, 0.2) is 0 Å². The number of benzene rings is 1. The molecule has 1 heterocycles. The first kappa shape index (κ1) is 14.0. The van der Waals surface area contributed by atoms with Crippen molar-refractivity contribution >= 4 is 5.69 Å². The molecule has 0 unspecified atom stereocenters. The molecule has 0 amide bonds. The van der Waals surface area contributed by atoms with Gasteiger partial charge in [-0.25, -0.2) is 0 Å². The Kier molecular flexibility index (Phi) is 5.30. The molecule has 1 fully saturated rings. The monoisotopic (exact) mass is 266 g/mol. The van der Waals surface area contributed by atoms with Crippen molar-refractivity contribution in [2.45, 2.75) is 6.42 Å². The highest BCUT2D eigenvalue weighted by atomic mass is 16.5. The topological polar surface area (TPSA) is 57.0 Å². The molecular weight excluding hydrogens is 244 g/mol. The van der Waals surface area contributed by atoms with Gasteiger partial charge in [-0.2, -0.15) is 0 Å². The van der Waals surface area contributed by atoms with E-state index in [1.807, 2.05) is 12.1 Å². The van der Waals surface area contributed by atoms with Gasteiger partial charge in [0.2, 0.25) is 0 Å². The van der Waals surface area contributed by atoms with E-state index in [9.17, 15) is 0 Å². The Bertz CT molecular complexity index is 392. The summed E-state index contributed by atoms with van der Waals surface area (Å²) >= 11 is 0. The Morgan fingerprint density at radius 2 is 2.11 bits per heavy atom. The van der Waals surface area contributed by atoms with Crippen LogP contribution in [0.4, 0.5) is 5.69 Å². The Morgan fingerprint density at radius 3 is 2.84 bits per heavy atom. The number of nitrogens with zero attached hydrogens (tertiary/aromatic N) is 1. The first-order valence-electron chi connectivity index (χ1n) is 6.66. The molecule has 1 saturated heterocycles. The first-order valence-corrected chi connectivity index (χ1v) is 6.66. The summed E-state index contributed by atoms with van der Waals surface area (Å²) in [5.74, 6) is 1.46. The van der Waals surface area contributed by atoms with Crippen LogP contribution in [0.25, 0.3) is 0 Å². The summed E-state index contributed by atoms with van der Waals surface area (Å²) in [6, 6.07) is 5.49. The summed E-state index contributed by atoms with van der Waals surface area (Å²) in [6.07, 6.45) is 1.01. The molecule has 5 heteroatoms. The van der Waals surface area contributed by atoms with Crippen LogP contribution in [0.2, 0.25) is 0 Å². The SMILES string of the molecule is COc1cc(OCCCN2CCOCC2)ccc1N. The molecule has 106 valence electrons. The number of morpholine rings is 1. The minimum Gasteiger partial charge on any atom is -0.494 e. The van der Waals surface area contributed by atoms with Crippen LogP contribution >= 0.6 is 0 Å². The normalized spacial score (nSPS) is 16.3. The zero-order chi connectivity index (χ0) is 13.5. The van der Waals surface area contributed by atoms with Gasteiger partial charge in [-0.3, -0.25) is 4.90 Å². The van der Waals surface area contributed by atoms with Crippen LogP contribution in [0.3, 0.4) is 0 Å². The number of rotatable bonds is 6. The van der Waals surface area contributed by atoms with Gasteiger partial charge in [0, 0.05) is 25.7 Å². The quantitative estimate of drug-likeness (QED) is 0.622. The Balaban J connectivity index is 1.70. The zero-order valence-corrected chi connectivity index (χ0v) is 11.4. The summed E-state index contributed by atoms with van der Waals surface area (Å²) in [6.45, 7) is 5.48. The predicted octanol–water partition coefficient (Wildman–Crippen LogP) is 1.38. The molecule has 0 radical (unpaired) electrons. The maximum absolute atomic E-state index is 5.75. The maximum Gasteiger partial charge on any atom is 0.145 e. The predicted molar refractivity (Wildman–Crippen MR) is 74.8 cm³/mol. The van der Waals surface area contributed by atoms with E-state index in [2.05, 4.69) is 4.90 Å². The number of anilines is 1. The highest BCUT2D eigenvalue weighted by Crippen LogP contribution is 2.26. The molecule has 0 bridgehead atoms. The van der Waals surface area contributed by atoms with Gasteiger partial charge in [-0.15, -0.1) is 0 Å². The van der Waals surface area contributed by atoms with Crippen LogP contribution < -0.4 is 15.2 Å². The van der Waals surface area contributed by atoms with Gasteiger partial charge in [0.1, 0.15) is 11.5 Å². The molecule has 2 N–H and O–H groups in total. The Labute approximate surface area is 114 Å². The maximum atomic E-state index is 5.75. The first-order chi connectivity index (χ1) is 9.29. The Morgan fingerprint density at radius 1 is 1.32 bits per heavy atom. The summed E-state index contributed by atoms with van der Waals surface area (Å²) in [4.78, 5) is 2.40. The van der Waals surface area contributed by atoms with Crippen molar-refractivity contribution in [2.24, 2.45) is 0 Å². The lowest BCUT2D eigenvalue weighted by Crippen LogP contribution is -2.37. The lowest BCUT2D eigenvalue weighted by molar-refractivity contribution is 0.0358. The molecule has 0 aromatic heterocycles. The largest absolute Gasteiger partial charge is 0.494 e. The lowest BCUT2D eigenvalue weighted by atomic mass is 10.3. The van der Waals surface area contributed by atoms with Crippen molar-refractivity contribution in [1.29, 1.82) is 0 Å². The van der Waals surface area contributed by atoms with Gasteiger partial charge < -0.3 is 19.9 Å². The second kappa shape index (κ2) is 7.21. The summed E-state index contributed by atoms with van der Waals surface area (Å²) in [5.41, 5.74) is 6.38. The molecule has 1 aliphatic heterocycles. The number of nitrogen functional groups attached to an aromatic ring is 1. The summed E-state index contributed by atoms with van der Waals surface area (Å²) in [5, 5.41) is 0. The molecule has 0 saturated carbocycles. The Hall–Kier alpha value is -1.46. The number of ether oxygens (including phenoxy) is 3. The van der Waals surface area contributed by atoms with Crippen LogP contribution in [0.15, 0.2) is 18.2 Å². The van der Waals surface area contributed by atoms with E-state index in [1.54, 1.807) is 13.2 Å². The van der Waals surface area contributed by atoms with Gasteiger partial charge in [0.05, 0.1) is 32.6 Å². The molecular formula is C14H22N2O3. The highest BCUT2D eigenvalue weighted by Gasteiger charge is 2.09. The van der Waals surface area contributed by atoms with Gasteiger partial charge >= 0.3 is 0 Å². The van der Waals surface area contributed by atoms with Crippen molar-refractivity contribution in [3.05, 3.63) is 18.2 Å². The lowest BCUT2D eigenvalue weighted by Gasteiger charge is -2.26. The molecule has 2 rings (SSSR count). The zero-order valence-electron chi connectivity index (χ0n) is 11.4. The van der Waals surface area contributed by atoms with Crippen LogP contribution in [0, 0.1) is 0 Å². The van der Waals surface area contributed by atoms with E-state index in [1.165, 1.54) is 0 Å². The average molecular weight is 266 g/mol. The van der Waals surface area contributed by atoms with E-state index in [4.69, 9.17) is 19.9 Å². The third-order valence-corrected chi connectivity index (χ3v) is 3.20. The summed E-state index contributed by atoms with van der Waals surface area (Å²) in [7, 11) is 1.61. The fraction of sp³-hybridized carbons (Fsp3) is 0.571. The molecule has 0 spiro atoms. The van der Waals surface area contributed by atoms with E-state index in [-0.39, 0.29) is 0 Å². The van der Waals surface area contributed by atoms with Crippen molar-refractivity contribution in [3.8, 4) is 11.5 Å². The minimum absolute atomic E-state index is 0.628. The van der Waals surface area contributed by atoms with Gasteiger partial charge in [-0.05, 0) is 18.6 Å². The third-order valence-electron chi connectivity index (χ3n) is 3.20. The minimum atomic E-state index is 0.628. The fourth-order valence-corrected chi connectivity index (χ4v) is 2.08. The molecule has 0 atom stereocenters. The van der Waals surface area contributed by atoms with E-state index >= 15 is 0 Å². The molecule has 1 aromatic carbocycles. The van der Waals surface area contributed by atoms with Crippen LogP contribution in [-0.2, 0) is 4.74 Å². The van der Waals surface area contributed by atoms with Gasteiger partial charge in [0.25, 0.3) is 0 Å². The van der Waals surface area contributed by atoms with Gasteiger partial charge in [-0.1, -0.05) is 0 Å². The molecule has 1 aliphatic rings. The third kappa shape index (κ3) is 4.29. The van der Waals surface area contributed by atoms with Crippen molar-refractivity contribution in [1.82, 2.24) is 4.90 Å². The number of nitrogens with two attached hydrogens (primary N) is 1. The van der Waals surface area contributed by atoms with Crippen molar-refractivity contribution < 1.29 is 14.2 Å². The van der Waals surface area contributed by atoms with E-state index in [0.29, 0.717) is 18.0 Å². The van der Waals surface area contributed by atoms with E-state index in [0.717, 1.165) is 45.0 Å². The van der Waals surface area contributed by atoms with Crippen molar-refractivity contribution in [3.63, 3.8) is 0 Å². The molecule has 1 aromatic rings. The average Bonchev–Trinajstić information content (AvgIpc) is 2.46. The number of hydrogen-bond donors (Lipinski definition) is 1. The second-order valence-electron chi connectivity index (χ2n) is 4.56.